The number of urea groups is 1. The maximum Gasteiger partial charge on any atom is 0.326 e. The molecule has 0 aliphatic carbocycles. The molecule has 19 heavy (non-hydrogen) atoms. The van der Waals surface area contributed by atoms with Crippen LogP contribution in [-0.2, 0) is 9.53 Å². The van der Waals surface area contributed by atoms with Crippen molar-refractivity contribution in [2.45, 2.75) is 37.5 Å². The number of aliphatic hydroxyl groups excluding tert-OH is 1. The molecule has 0 saturated carbocycles. The van der Waals surface area contributed by atoms with Gasteiger partial charge in [0, 0.05) is 33.2 Å². The highest BCUT2D eigenvalue weighted by atomic mass is 16.5. The molecule has 2 atom stereocenters. The zero-order valence-electron chi connectivity index (χ0n) is 11.0. The molecule has 0 aromatic carbocycles. The summed E-state index contributed by atoms with van der Waals surface area (Å²) >= 11 is 0. The Balaban J connectivity index is 1.97. The predicted molar refractivity (Wildman–Crippen MR) is 65.8 cm³/mol. The van der Waals surface area contributed by atoms with E-state index in [0.717, 1.165) is 12.8 Å². The van der Waals surface area contributed by atoms with Crippen molar-refractivity contribution in [2.75, 3.05) is 26.7 Å². The van der Waals surface area contributed by atoms with E-state index < -0.39 is 18.1 Å². The first-order valence-electron chi connectivity index (χ1n) is 6.52. The fraction of sp³-hybridized carbons (Fsp3) is 0.833. The van der Waals surface area contributed by atoms with Crippen LogP contribution in [0.3, 0.4) is 0 Å². The van der Waals surface area contributed by atoms with Gasteiger partial charge in [-0.05, 0) is 12.8 Å². The van der Waals surface area contributed by atoms with E-state index in [1.54, 1.807) is 12.0 Å². The van der Waals surface area contributed by atoms with Gasteiger partial charge in [0.25, 0.3) is 0 Å². The fourth-order valence-electron chi connectivity index (χ4n) is 2.72. The van der Waals surface area contributed by atoms with Gasteiger partial charge in [0.1, 0.15) is 6.04 Å². The van der Waals surface area contributed by atoms with Gasteiger partial charge in [0.05, 0.1) is 12.2 Å². The normalized spacial score (nSPS) is 28.7. The van der Waals surface area contributed by atoms with E-state index in [2.05, 4.69) is 0 Å². The summed E-state index contributed by atoms with van der Waals surface area (Å²) in [7, 11) is 1.65. The average Bonchev–Trinajstić information content (AvgIpc) is 2.80. The fourth-order valence-corrected chi connectivity index (χ4v) is 2.72. The number of β-amino-alcohol motifs (C(OH)–C–C–N with tert-alkyl or cyclic N) is 1. The van der Waals surface area contributed by atoms with E-state index >= 15 is 0 Å². The first-order chi connectivity index (χ1) is 9.02. The maximum atomic E-state index is 12.3. The van der Waals surface area contributed by atoms with Crippen molar-refractivity contribution in [1.29, 1.82) is 0 Å². The highest BCUT2D eigenvalue weighted by molar-refractivity contribution is 5.83. The number of hydrogen-bond acceptors (Lipinski definition) is 4. The van der Waals surface area contributed by atoms with Crippen LogP contribution in [0.25, 0.3) is 0 Å². The summed E-state index contributed by atoms with van der Waals surface area (Å²) in [5, 5.41) is 18.6. The number of nitrogens with zero attached hydrogens (tertiary/aromatic N) is 2. The molecule has 2 aliphatic rings. The Bertz CT molecular complexity index is 354. The lowest BCUT2D eigenvalue weighted by atomic mass is 10.1. The number of amides is 2. The molecule has 0 aromatic heterocycles. The summed E-state index contributed by atoms with van der Waals surface area (Å²) < 4.78 is 5.24. The van der Waals surface area contributed by atoms with Crippen LogP contribution in [0.2, 0.25) is 0 Å². The SMILES string of the molecule is COC1CCN(C(=O)N2C[C@@H](O)C[C@H]2C(=O)O)CC1. The third-order valence-electron chi connectivity index (χ3n) is 3.86. The number of carboxylic acid groups (broad SMARTS) is 1. The third kappa shape index (κ3) is 2.98. The molecule has 0 unspecified atom stereocenters. The number of carbonyl (C=O) groups excluding carboxylic acids is 1. The van der Waals surface area contributed by atoms with Crippen molar-refractivity contribution >= 4 is 12.0 Å². The molecular weight excluding hydrogens is 252 g/mol. The molecule has 108 valence electrons. The summed E-state index contributed by atoms with van der Waals surface area (Å²) in [5.74, 6) is -1.06. The topological polar surface area (TPSA) is 90.3 Å². The minimum Gasteiger partial charge on any atom is -0.480 e. The molecule has 2 rings (SSSR count). The van der Waals surface area contributed by atoms with Gasteiger partial charge in [0.2, 0.25) is 0 Å². The van der Waals surface area contributed by atoms with Gasteiger partial charge in [-0.1, -0.05) is 0 Å². The van der Waals surface area contributed by atoms with Gasteiger partial charge in [-0.2, -0.15) is 0 Å². The molecule has 2 amide bonds. The molecule has 2 N–H and O–H groups in total. The van der Waals surface area contributed by atoms with Gasteiger partial charge in [0.15, 0.2) is 0 Å². The van der Waals surface area contributed by atoms with Crippen LogP contribution in [0.5, 0.6) is 0 Å². The van der Waals surface area contributed by atoms with Gasteiger partial charge in [-0.25, -0.2) is 9.59 Å². The van der Waals surface area contributed by atoms with E-state index in [1.807, 2.05) is 0 Å². The number of ether oxygens (including phenoxy) is 1. The molecule has 2 aliphatic heterocycles. The minimum atomic E-state index is -1.06. The maximum absolute atomic E-state index is 12.3. The van der Waals surface area contributed by atoms with Gasteiger partial charge >= 0.3 is 12.0 Å². The van der Waals surface area contributed by atoms with Crippen LogP contribution in [0, 0.1) is 0 Å². The first kappa shape index (κ1) is 14.1. The van der Waals surface area contributed by atoms with E-state index in [1.165, 1.54) is 4.90 Å². The van der Waals surface area contributed by atoms with Crippen LogP contribution in [0.1, 0.15) is 19.3 Å². The van der Waals surface area contributed by atoms with Gasteiger partial charge in [-0.15, -0.1) is 0 Å². The van der Waals surface area contributed by atoms with E-state index in [4.69, 9.17) is 9.84 Å². The van der Waals surface area contributed by atoms with Crippen molar-refractivity contribution < 1.29 is 24.5 Å². The minimum absolute atomic E-state index is 0.0972. The zero-order chi connectivity index (χ0) is 14.0. The number of hydrogen-bond donors (Lipinski definition) is 2. The summed E-state index contributed by atoms with van der Waals surface area (Å²) in [4.78, 5) is 26.3. The first-order valence-corrected chi connectivity index (χ1v) is 6.52. The molecule has 7 heteroatoms. The molecule has 2 heterocycles. The van der Waals surface area contributed by atoms with E-state index in [0.29, 0.717) is 13.1 Å². The number of methoxy groups -OCH3 is 1. The Hall–Kier alpha value is -1.34. The largest absolute Gasteiger partial charge is 0.480 e. The number of aliphatic carboxylic acids is 1. The van der Waals surface area contributed by atoms with Crippen molar-refractivity contribution in [3.8, 4) is 0 Å². The van der Waals surface area contributed by atoms with Crippen molar-refractivity contribution in [2.24, 2.45) is 0 Å². The Kier molecular flexibility index (Phi) is 4.26. The number of carbonyl (C=O) groups is 2. The average molecular weight is 272 g/mol. The molecule has 7 nitrogen and oxygen atoms in total. The molecule has 0 radical (unpaired) electrons. The Morgan fingerprint density at radius 1 is 1.26 bits per heavy atom. The smallest absolute Gasteiger partial charge is 0.326 e. The quantitative estimate of drug-likeness (QED) is 0.722. The standard InChI is InChI=1S/C12H20N2O5/c1-19-9-2-4-13(5-3-9)12(18)14-7-8(15)6-10(14)11(16)17/h8-10,15H,2-7H2,1H3,(H,16,17)/t8-,10-/m0/s1. The van der Waals surface area contributed by atoms with Gasteiger partial charge < -0.3 is 24.7 Å². The summed E-state index contributed by atoms with van der Waals surface area (Å²) in [6.07, 6.45) is 1.05. The number of piperidine rings is 1. The van der Waals surface area contributed by atoms with Crippen LogP contribution in [-0.4, -0.2) is 77.0 Å². The number of likely N-dealkylation sites (tertiary alicyclic amines) is 2. The second kappa shape index (κ2) is 5.75. The second-order valence-electron chi connectivity index (χ2n) is 5.10. The summed E-state index contributed by atoms with van der Waals surface area (Å²) in [6, 6.07) is -1.21. The van der Waals surface area contributed by atoms with Crippen molar-refractivity contribution in [3.63, 3.8) is 0 Å². The third-order valence-corrected chi connectivity index (χ3v) is 3.86. The van der Waals surface area contributed by atoms with E-state index in [-0.39, 0.29) is 25.1 Å². The summed E-state index contributed by atoms with van der Waals surface area (Å²) in [5.41, 5.74) is 0. The van der Waals surface area contributed by atoms with Gasteiger partial charge in [-0.3, -0.25) is 0 Å². The molecular formula is C12H20N2O5. The molecule has 0 spiro atoms. The molecule has 2 fully saturated rings. The Labute approximate surface area is 111 Å². The van der Waals surface area contributed by atoms with Crippen LogP contribution >= 0.6 is 0 Å². The summed E-state index contributed by atoms with van der Waals surface area (Å²) in [6.45, 7) is 1.23. The Morgan fingerprint density at radius 2 is 1.89 bits per heavy atom. The molecule has 0 aromatic rings. The number of aliphatic hydroxyl groups is 1. The predicted octanol–water partition coefficient (Wildman–Crippen LogP) is -0.263. The van der Waals surface area contributed by atoms with Crippen LogP contribution in [0.4, 0.5) is 4.79 Å². The molecule has 2 saturated heterocycles. The lowest BCUT2D eigenvalue weighted by Crippen LogP contribution is -2.51. The van der Waals surface area contributed by atoms with Crippen LogP contribution < -0.4 is 0 Å². The lowest BCUT2D eigenvalue weighted by molar-refractivity contribution is -0.141. The lowest BCUT2D eigenvalue weighted by Gasteiger charge is -2.35. The Morgan fingerprint density at radius 3 is 2.42 bits per heavy atom. The number of carboxylic acids is 1. The van der Waals surface area contributed by atoms with Crippen molar-refractivity contribution in [3.05, 3.63) is 0 Å². The monoisotopic (exact) mass is 272 g/mol. The highest BCUT2D eigenvalue weighted by Crippen LogP contribution is 2.22. The van der Waals surface area contributed by atoms with Crippen LogP contribution in [0.15, 0.2) is 0 Å². The van der Waals surface area contributed by atoms with Crippen molar-refractivity contribution in [1.82, 2.24) is 9.80 Å². The highest BCUT2D eigenvalue weighted by Gasteiger charge is 2.41. The number of rotatable bonds is 2. The van der Waals surface area contributed by atoms with E-state index in [9.17, 15) is 14.7 Å². The second-order valence-corrected chi connectivity index (χ2v) is 5.10. The zero-order valence-corrected chi connectivity index (χ0v) is 11.0. The molecule has 0 bridgehead atoms.